The van der Waals surface area contributed by atoms with Gasteiger partial charge in [-0.2, -0.15) is 5.10 Å². The number of piperidine rings is 1. The number of ether oxygens (including phenoxy) is 1. The Bertz CT molecular complexity index is 926. The van der Waals surface area contributed by atoms with Gasteiger partial charge in [-0.25, -0.2) is 9.48 Å². The summed E-state index contributed by atoms with van der Waals surface area (Å²) >= 11 is 0. The van der Waals surface area contributed by atoms with Gasteiger partial charge in [-0.1, -0.05) is 30.3 Å². The first-order valence-corrected chi connectivity index (χ1v) is 11.0. The quantitative estimate of drug-likeness (QED) is 0.756. The third-order valence-corrected chi connectivity index (χ3v) is 7.06. The predicted molar refractivity (Wildman–Crippen MR) is 114 cm³/mol. The molecule has 1 amide bonds. The molecule has 0 bridgehead atoms. The highest BCUT2D eigenvalue weighted by Crippen LogP contribution is 2.41. The first-order chi connectivity index (χ1) is 14.5. The minimum Gasteiger partial charge on any atom is -0.383 e. The number of nitrogens with zero attached hydrogens (tertiary/aromatic N) is 4. The topological polar surface area (TPSA) is 69.4 Å². The molecule has 1 aromatic carbocycles. The van der Waals surface area contributed by atoms with E-state index < -0.39 is 0 Å². The van der Waals surface area contributed by atoms with Gasteiger partial charge in [0, 0.05) is 33.2 Å². The summed E-state index contributed by atoms with van der Waals surface area (Å²) in [5.41, 5.74) is 1.26. The molecule has 4 rings (SSSR count). The smallest absolute Gasteiger partial charge is 0.345 e. The number of carbonyl (C=O) groups excluding carboxylic acids is 1. The summed E-state index contributed by atoms with van der Waals surface area (Å²) < 4.78 is 8.46. The molecule has 7 nitrogen and oxygen atoms in total. The highest BCUT2D eigenvalue weighted by molar-refractivity contribution is 5.83. The molecule has 1 saturated heterocycles. The van der Waals surface area contributed by atoms with E-state index in [-0.39, 0.29) is 22.9 Å². The van der Waals surface area contributed by atoms with Gasteiger partial charge in [-0.15, -0.1) is 0 Å². The molecule has 2 aliphatic rings. The number of hydrogen-bond donors (Lipinski definition) is 0. The number of likely N-dealkylation sites (tertiary alicyclic amines) is 1. The van der Waals surface area contributed by atoms with Crippen LogP contribution in [-0.4, -0.2) is 52.0 Å². The molecule has 2 aromatic rings. The van der Waals surface area contributed by atoms with E-state index >= 15 is 0 Å². The summed E-state index contributed by atoms with van der Waals surface area (Å²) in [6.45, 7) is 5.31. The maximum Gasteiger partial charge on any atom is 0.345 e. The summed E-state index contributed by atoms with van der Waals surface area (Å²) in [6.07, 6.45) is 4.84. The van der Waals surface area contributed by atoms with Crippen LogP contribution in [0.2, 0.25) is 0 Å². The van der Waals surface area contributed by atoms with Crippen LogP contribution >= 0.6 is 0 Å². The summed E-state index contributed by atoms with van der Waals surface area (Å²) in [6, 6.07) is 10.0. The zero-order valence-corrected chi connectivity index (χ0v) is 18.0. The van der Waals surface area contributed by atoms with Gasteiger partial charge in [0.15, 0.2) is 0 Å². The van der Waals surface area contributed by atoms with E-state index in [1.165, 1.54) is 4.68 Å². The fourth-order valence-corrected chi connectivity index (χ4v) is 4.93. The molecule has 1 fully saturated rings. The number of hydrogen-bond acceptors (Lipinski definition) is 4. The second-order valence-electron chi connectivity index (χ2n) is 8.77. The molecule has 0 saturated carbocycles. The summed E-state index contributed by atoms with van der Waals surface area (Å²) in [7, 11) is 1.63. The molecule has 0 N–H and O–H groups in total. The molecule has 7 heteroatoms. The van der Waals surface area contributed by atoms with Crippen molar-refractivity contribution in [1.29, 1.82) is 0 Å². The number of aromatic nitrogens is 3. The fourth-order valence-electron chi connectivity index (χ4n) is 4.93. The number of aryl methyl sites for hydroxylation is 1. The lowest BCUT2D eigenvalue weighted by Crippen LogP contribution is -2.45. The average Bonchev–Trinajstić information content (AvgIpc) is 2.98. The molecule has 1 spiro atoms. The van der Waals surface area contributed by atoms with Crippen molar-refractivity contribution in [3.63, 3.8) is 0 Å². The lowest BCUT2D eigenvalue weighted by molar-refractivity contribution is -0.135. The molecule has 162 valence electrons. The average molecular weight is 413 g/mol. The number of rotatable bonds is 5. The van der Waals surface area contributed by atoms with E-state index in [2.05, 4.69) is 5.10 Å². The minimum absolute atomic E-state index is 0.0246. The van der Waals surface area contributed by atoms with Gasteiger partial charge in [0.2, 0.25) is 5.91 Å². The molecule has 2 aliphatic heterocycles. The van der Waals surface area contributed by atoms with Crippen LogP contribution in [0.4, 0.5) is 0 Å². The Morgan fingerprint density at radius 1 is 1.13 bits per heavy atom. The Morgan fingerprint density at radius 3 is 2.53 bits per heavy atom. The van der Waals surface area contributed by atoms with E-state index in [1.54, 1.807) is 7.11 Å². The largest absolute Gasteiger partial charge is 0.383 e. The van der Waals surface area contributed by atoms with Crippen molar-refractivity contribution in [2.75, 3.05) is 26.8 Å². The fraction of sp³-hybridized carbons (Fsp3) is 0.609. The third-order valence-electron chi connectivity index (χ3n) is 7.06. The van der Waals surface area contributed by atoms with Crippen LogP contribution in [0.1, 0.15) is 49.9 Å². The van der Waals surface area contributed by atoms with Crippen LogP contribution < -0.4 is 5.69 Å². The standard InChI is InChI=1S/C23H32N4O3/c1-18(19-6-4-3-5-7-19)21(28)25-13-10-23(11-14-25)9-8-20-24-27(16-17-30-2)22(29)26(20)15-12-23/h3-7,18H,8-17H2,1-2H3. The maximum atomic E-state index is 13.0. The van der Waals surface area contributed by atoms with Crippen molar-refractivity contribution in [3.8, 4) is 0 Å². The second-order valence-corrected chi connectivity index (χ2v) is 8.77. The highest BCUT2D eigenvalue weighted by Gasteiger charge is 2.38. The lowest BCUT2D eigenvalue weighted by Gasteiger charge is -2.42. The second kappa shape index (κ2) is 8.76. The van der Waals surface area contributed by atoms with Crippen molar-refractivity contribution >= 4 is 5.91 Å². The van der Waals surface area contributed by atoms with E-state index in [0.717, 1.165) is 63.1 Å². The Labute approximate surface area is 177 Å². The first-order valence-electron chi connectivity index (χ1n) is 11.0. The Hall–Kier alpha value is -2.41. The van der Waals surface area contributed by atoms with Gasteiger partial charge in [0.25, 0.3) is 0 Å². The number of carbonyl (C=O) groups is 1. The summed E-state index contributed by atoms with van der Waals surface area (Å²) in [5, 5.41) is 4.55. The molecule has 1 aromatic heterocycles. The molecule has 1 unspecified atom stereocenters. The zero-order chi connectivity index (χ0) is 21.1. The minimum atomic E-state index is -0.107. The SMILES string of the molecule is COCCn1nc2n(c1=O)CCC1(CC2)CCN(C(=O)C(C)c2ccccc2)CC1. The summed E-state index contributed by atoms with van der Waals surface area (Å²) in [5.74, 6) is 1.01. The van der Waals surface area contributed by atoms with Gasteiger partial charge in [0.05, 0.1) is 19.1 Å². The van der Waals surface area contributed by atoms with Crippen LogP contribution in [0.3, 0.4) is 0 Å². The van der Waals surface area contributed by atoms with Crippen LogP contribution in [0.25, 0.3) is 0 Å². The van der Waals surface area contributed by atoms with Gasteiger partial charge in [-0.3, -0.25) is 9.36 Å². The molecule has 3 heterocycles. The number of amides is 1. The molecule has 0 aliphatic carbocycles. The first kappa shape index (κ1) is 20.8. The monoisotopic (exact) mass is 412 g/mol. The van der Waals surface area contributed by atoms with Crippen molar-refractivity contribution in [1.82, 2.24) is 19.2 Å². The van der Waals surface area contributed by atoms with Crippen molar-refractivity contribution < 1.29 is 9.53 Å². The van der Waals surface area contributed by atoms with Crippen LogP contribution in [0.15, 0.2) is 35.1 Å². The number of fused-ring (bicyclic) bond motifs is 1. The Kier molecular flexibility index (Phi) is 6.09. The van der Waals surface area contributed by atoms with Crippen molar-refractivity contribution in [2.45, 2.75) is 58.0 Å². The zero-order valence-electron chi connectivity index (χ0n) is 18.0. The molecule has 30 heavy (non-hydrogen) atoms. The van der Waals surface area contributed by atoms with Gasteiger partial charge in [-0.05, 0) is 43.6 Å². The van der Waals surface area contributed by atoms with E-state index in [1.807, 2.05) is 46.7 Å². The molecule has 0 radical (unpaired) electrons. The Morgan fingerprint density at radius 2 is 1.83 bits per heavy atom. The van der Waals surface area contributed by atoms with Crippen molar-refractivity contribution in [2.24, 2.45) is 5.41 Å². The predicted octanol–water partition coefficient (Wildman–Crippen LogP) is 2.44. The van der Waals surface area contributed by atoms with E-state index in [4.69, 9.17) is 4.74 Å². The van der Waals surface area contributed by atoms with Gasteiger partial charge >= 0.3 is 5.69 Å². The van der Waals surface area contributed by atoms with Crippen LogP contribution in [0, 0.1) is 5.41 Å². The highest BCUT2D eigenvalue weighted by atomic mass is 16.5. The molecular formula is C23H32N4O3. The van der Waals surface area contributed by atoms with Crippen LogP contribution in [0.5, 0.6) is 0 Å². The van der Waals surface area contributed by atoms with Gasteiger partial charge in [0.1, 0.15) is 5.82 Å². The Balaban J connectivity index is 1.38. The third kappa shape index (κ3) is 4.08. The number of benzene rings is 1. The van der Waals surface area contributed by atoms with Gasteiger partial charge < -0.3 is 9.64 Å². The van der Waals surface area contributed by atoms with Crippen LogP contribution in [-0.2, 0) is 29.0 Å². The lowest BCUT2D eigenvalue weighted by atomic mass is 9.72. The van der Waals surface area contributed by atoms with Crippen molar-refractivity contribution in [3.05, 3.63) is 52.2 Å². The molecular weight excluding hydrogens is 380 g/mol. The normalized spacial score (nSPS) is 19.3. The summed E-state index contributed by atoms with van der Waals surface area (Å²) in [4.78, 5) is 27.7. The van der Waals surface area contributed by atoms with E-state index in [0.29, 0.717) is 13.2 Å². The maximum absolute atomic E-state index is 13.0. The van der Waals surface area contributed by atoms with E-state index in [9.17, 15) is 9.59 Å². The number of methoxy groups -OCH3 is 1. The molecule has 1 atom stereocenters.